The van der Waals surface area contributed by atoms with Gasteiger partial charge in [0, 0.05) is 0 Å². The van der Waals surface area contributed by atoms with Crippen molar-refractivity contribution < 1.29 is 13.5 Å². The molecule has 1 aliphatic carbocycles. The van der Waals surface area contributed by atoms with Crippen molar-refractivity contribution in [3.05, 3.63) is 29.3 Å². The fourth-order valence-electron chi connectivity index (χ4n) is 2.13. The smallest absolute Gasteiger partial charge is 0.387 e. The van der Waals surface area contributed by atoms with Gasteiger partial charge in [0.2, 0.25) is 0 Å². The fraction of sp³-hybridized carbons (Fsp3) is 0.571. The molecule has 0 bridgehead atoms. The lowest BCUT2D eigenvalue weighted by molar-refractivity contribution is -0.0499. The number of hydrogen-bond donors (Lipinski definition) is 0. The first-order valence-electron chi connectivity index (χ1n) is 5.97. The zero-order chi connectivity index (χ0) is 12.6. The van der Waals surface area contributed by atoms with Crippen LogP contribution in [0.15, 0.2) is 18.2 Å². The topological polar surface area (TPSA) is 9.23 Å². The van der Waals surface area contributed by atoms with Crippen molar-refractivity contribution in [2.24, 2.45) is 0 Å². The van der Waals surface area contributed by atoms with Crippen molar-refractivity contribution >= 4 is 0 Å². The van der Waals surface area contributed by atoms with Crippen molar-refractivity contribution in [2.45, 2.75) is 51.6 Å². The van der Waals surface area contributed by atoms with E-state index in [0.29, 0.717) is 5.92 Å². The van der Waals surface area contributed by atoms with Gasteiger partial charge in [0.1, 0.15) is 5.75 Å². The summed E-state index contributed by atoms with van der Waals surface area (Å²) in [5.74, 6) is 0.806. The third-order valence-corrected chi connectivity index (χ3v) is 3.07. The van der Waals surface area contributed by atoms with Crippen LogP contribution in [-0.4, -0.2) is 6.61 Å². The molecule has 0 aliphatic heterocycles. The average Bonchev–Trinajstić information content (AvgIpc) is 2.97. The van der Waals surface area contributed by atoms with E-state index in [1.807, 2.05) is 6.07 Å². The molecule has 3 heteroatoms. The van der Waals surface area contributed by atoms with Crippen molar-refractivity contribution in [1.82, 2.24) is 0 Å². The maximum atomic E-state index is 12.2. The second-order valence-corrected chi connectivity index (χ2v) is 5.65. The first-order chi connectivity index (χ1) is 7.88. The minimum absolute atomic E-state index is 0.0429. The van der Waals surface area contributed by atoms with Crippen molar-refractivity contribution in [2.75, 3.05) is 0 Å². The molecule has 0 radical (unpaired) electrons. The molecule has 0 N–H and O–H groups in total. The molecule has 17 heavy (non-hydrogen) atoms. The number of ether oxygens (including phenoxy) is 1. The fourth-order valence-corrected chi connectivity index (χ4v) is 2.13. The van der Waals surface area contributed by atoms with E-state index >= 15 is 0 Å². The molecular formula is C14H18F2O. The van der Waals surface area contributed by atoms with Crippen LogP contribution in [0.4, 0.5) is 8.78 Å². The Morgan fingerprint density at radius 2 is 1.88 bits per heavy atom. The molecular weight excluding hydrogens is 222 g/mol. The molecule has 1 aliphatic rings. The molecule has 2 rings (SSSR count). The maximum Gasteiger partial charge on any atom is 0.387 e. The third kappa shape index (κ3) is 2.96. The van der Waals surface area contributed by atoms with E-state index < -0.39 is 6.61 Å². The summed E-state index contributed by atoms with van der Waals surface area (Å²) in [4.78, 5) is 0. The summed E-state index contributed by atoms with van der Waals surface area (Å²) in [7, 11) is 0. The van der Waals surface area contributed by atoms with Gasteiger partial charge in [-0.25, -0.2) is 0 Å². The molecule has 0 amide bonds. The van der Waals surface area contributed by atoms with Crippen LogP contribution in [0.1, 0.15) is 50.7 Å². The van der Waals surface area contributed by atoms with E-state index in [9.17, 15) is 8.78 Å². The maximum absolute atomic E-state index is 12.2. The minimum Gasteiger partial charge on any atom is -0.435 e. The predicted octanol–water partition coefficient (Wildman–Crippen LogP) is 4.46. The molecule has 0 saturated heterocycles. The van der Waals surface area contributed by atoms with Crippen molar-refractivity contribution in [3.63, 3.8) is 0 Å². The Morgan fingerprint density at radius 1 is 1.24 bits per heavy atom. The van der Waals surface area contributed by atoms with Gasteiger partial charge in [0.05, 0.1) is 0 Å². The van der Waals surface area contributed by atoms with Crippen LogP contribution in [0, 0.1) is 0 Å². The van der Waals surface area contributed by atoms with Crippen LogP contribution in [0.5, 0.6) is 5.75 Å². The quantitative estimate of drug-likeness (QED) is 0.757. The number of halogens is 2. The van der Waals surface area contributed by atoms with Gasteiger partial charge in [-0.15, -0.1) is 0 Å². The van der Waals surface area contributed by atoms with Gasteiger partial charge < -0.3 is 4.74 Å². The molecule has 1 aromatic rings. The molecule has 1 aromatic carbocycles. The van der Waals surface area contributed by atoms with Crippen LogP contribution < -0.4 is 4.74 Å². The summed E-state index contributed by atoms with van der Waals surface area (Å²) in [5, 5.41) is 0. The molecule has 1 saturated carbocycles. The number of benzene rings is 1. The highest BCUT2D eigenvalue weighted by Gasteiger charge is 2.30. The summed E-state index contributed by atoms with van der Waals surface area (Å²) in [5.41, 5.74) is 2.46. The highest BCUT2D eigenvalue weighted by molar-refractivity contribution is 5.43. The second kappa shape index (κ2) is 4.28. The highest BCUT2D eigenvalue weighted by atomic mass is 19.3. The monoisotopic (exact) mass is 240 g/mol. The molecule has 0 spiro atoms. The molecule has 0 heterocycles. The SMILES string of the molecule is CC(C)(C)c1ccc(OC(F)F)cc1C1CC1. The van der Waals surface area contributed by atoms with Crippen LogP contribution in [0.2, 0.25) is 0 Å². The van der Waals surface area contributed by atoms with E-state index in [1.54, 1.807) is 12.1 Å². The molecule has 1 fully saturated rings. The molecule has 1 nitrogen and oxygen atoms in total. The standard InChI is InChI=1S/C14H18F2O/c1-14(2,3)12-7-6-10(17-13(15)16)8-11(12)9-4-5-9/h6-9,13H,4-5H2,1-3H3. The Morgan fingerprint density at radius 3 is 2.35 bits per heavy atom. The van der Waals surface area contributed by atoms with E-state index in [0.717, 1.165) is 12.8 Å². The van der Waals surface area contributed by atoms with Gasteiger partial charge in [0.25, 0.3) is 0 Å². The zero-order valence-electron chi connectivity index (χ0n) is 10.5. The zero-order valence-corrected chi connectivity index (χ0v) is 10.5. The first-order valence-corrected chi connectivity index (χ1v) is 5.97. The van der Waals surface area contributed by atoms with E-state index in [1.165, 1.54) is 11.1 Å². The molecule has 94 valence electrons. The lowest BCUT2D eigenvalue weighted by Gasteiger charge is -2.23. The molecule has 0 unspecified atom stereocenters. The van der Waals surface area contributed by atoms with Gasteiger partial charge in [-0.2, -0.15) is 8.78 Å². The van der Waals surface area contributed by atoms with Crippen molar-refractivity contribution in [1.29, 1.82) is 0 Å². The van der Waals surface area contributed by atoms with Gasteiger partial charge in [-0.3, -0.25) is 0 Å². The van der Waals surface area contributed by atoms with Gasteiger partial charge in [-0.1, -0.05) is 26.8 Å². The van der Waals surface area contributed by atoms with Gasteiger partial charge >= 0.3 is 6.61 Å². The summed E-state index contributed by atoms with van der Waals surface area (Å²) in [6.45, 7) is 3.67. The third-order valence-electron chi connectivity index (χ3n) is 3.07. The number of rotatable bonds is 3. The summed E-state index contributed by atoms with van der Waals surface area (Å²) in [6, 6.07) is 5.34. The van der Waals surface area contributed by atoms with Crippen LogP contribution >= 0.6 is 0 Å². The van der Waals surface area contributed by atoms with E-state index in [2.05, 4.69) is 25.5 Å². The predicted molar refractivity (Wildman–Crippen MR) is 63.7 cm³/mol. The van der Waals surface area contributed by atoms with Crippen LogP contribution in [0.25, 0.3) is 0 Å². The normalized spacial score (nSPS) is 16.4. The number of hydrogen-bond acceptors (Lipinski definition) is 1. The lowest BCUT2D eigenvalue weighted by atomic mass is 9.82. The Bertz CT molecular complexity index is 403. The summed E-state index contributed by atoms with van der Waals surface area (Å²) >= 11 is 0. The second-order valence-electron chi connectivity index (χ2n) is 5.65. The lowest BCUT2D eigenvalue weighted by Crippen LogP contribution is -2.14. The van der Waals surface area contributed by atoms with E-state index in [-0.39, 0.29) is 11.2 Å². The largest absolute Gasteiger partial charge is 0.435 e. The molecule has 0 atom stereocenters. The van der Waals surface area contributed by atoms with Gasteiger partial charge in [0.15, 0.2) is 0 Å². The average molecular weight is 240 g/mol. The van der Waals surface area contributed by atoms with Crippen LogP contribution in [-0.2, 0) is 5.41 Å². The summed E-state index contributed by atoms with van der Waals surface area (Å²) < 4.78 is 28.8. The van der Waals surface area contributed by atoms with Gasteiger partial charge in [-0.05, 0) is 47.4 Å². The minimum atomic E-state index is -2.75. The Balaban J connectivity index is 2.35. The first kappa shape index (κ1) is 12.3. The van der Waals surface area contributed by atoms with Crippen molar-refractivity contribution in [3.8, 4) is 5.75 Å². The Hall–Kier alpha value is -1.12. The Labute approximate surface area is 101 Å². The highest BCUT2D eigenvalue weighted by Crippen LogP contribution is 2.45. The van der Waals surface area contributed by atoms with E-state index in [4.69, 9.17) is 0 Å². The Kier molecular flexibility index (Phi) is 3.11. The molecule has 0 aromatic heterocycles. The number of alkyl halides is 2. The summed E-state index contributed by atoms with van der Waals surface area (Å²) in [6.07, 6.45) is 2.31. The van der Waals surface area contributed by atoms with Crippen LogP contribution in [0.3, 0.4) is 0 Å².